The van der Waals surface area contributed by atoms with E-state index in [-0.39, 0.29) is 17.0 Å². The van der Waals surface area contributed by atoms with Gasteiger partial charge < -0.3 is 20.2 Å². The molecule has 0 aliphatic rings. The van der Waals surface area contributed by atoms with Crippen molar-refractivity contribution in [2.75, 3.05) is 11.9 Å². The van der Waals surface area contributed by atoms with Crippen LogP contribution in [0.25, 0.3) is 11.0 Å². The summed E-state index contributed by atoms with van der Waals surface area (Å²) in [6.45, 7) is 9.35. The van der Waals surface area contributed by atoms with Crippen LogP contribution < -0.4 is 10.6 Å². The number of hydrogen-bond acceptors (Lipinski definition) is 4. The highest BCUT2D eigenvalue weighted by Crippen LogP contribution is 2.35. The fraction of sp³-hybridized carbons (Fsp3) is 0.444. The third-order valence-corrected chi connectivity index (χ3v) is 6.28. The minimum Gasteiger partial charge on any atom is -0.508 e. The second kappa shape index (κ2) is 11.2. The molecule has 3 aromatic rings. The Labute approximate surface area is 203 Å². The maximum Gasteiger partial charge on any atom is 0.416 e. The van der Waals surface area contributed by atoms with Gasteiger partial charge in [-0.25, -0.2) is 0 Å². The number of furan rings is 1. The molecule has 0 fully saturated rings. The lowest BCUT2D eigenvalue weighted by atomic mass is 9.95. The molecular formula is C27H33F3N2O3. The van der Waals surface area contributed by atoms with Gasteiger partial charge in [-0.3, -0.25) is 4.79 Å². The van der Waals surface area contributed by atoms with Gasteiger partial charge in [-0.2, -0.15) is 13.2 Å². The second-order valence-corrected chi connectivity index (χ2v) is 9.38. The molecule has 1 atom stereocenters. The molecule has 3 rings (SSSR count). The highest BCUT2D eigenvalue weighted by molar-refractivity contribution is 6.14. The van der Waals surface area contributed by atoms with Gasteiger partial charge in [-0.05, 0) is 68.1 Å². The number of phenolic OH excluding ortho intramolecular Hbond substituents is 1. The molecule has 8 heteroatoms. The van der Waals surface area contributed by atoms with Gasteiger partial charge >= 0.3 is 6.18 Å². The van der Waals surface area contributed by atoms with Gasteiger partial charge in [0.05, 0.1) is 11.1 Å². The monoisotopic (exact) mass is 490 g/mol. The number of alkyl halides is 3. The van der Waals surface area contributed by atoms with E-state index in [1.165, 1.54) is 18.2 Å². The zero-order valence-electron chi connectivity index (χ0n) is 20.6. The van der Waals surface area contributed by atoms with E-state index in [0.29, 0.717) is 40.7 Å². The van der Waals surface area contributed by atoms with Crippen molar-refractivity contribution in [3.8, 4) is 5.75 Å². The Bertz CT molecular complexity index is 1150. The molecule has 0 aliphatic heterocycles. The fourth-order valence-corrected chi connectivity index (χ4v) is 4.18. The van der Waals surface area contributed by atoms with Gasteiger partial charge in [0.15, 0.2) is 0 Å². The number of amides is 1. The number of carbonyl (C=O) groups is 1. The standard InChI is InChI=1S/C27H33F3N2O3/c1-5-18(7-6-16(2)3)14-31-15-21-22(33)12-13-23-25(21)24(17(4)35-23)26(34)32-20-10-8-19(9-11-20)27(28,29)30/h8-13,16,18,31,33H,5-7,14-15H2,1-4H3,(H,32,34). The van der Waals surface area contributed by atoms with E-state index in [2.05, 4.69) is 31.4 Å². The van der Waals surface area contributed by atoms with E-state index in [4.69, 9.17) is 4.42 Å². The highest BCUT2D eigenvalue weighted by atomic mass is 19.4. The number of anilines is 1. The van der Waals surface area contributed by atoms with Crippen LogP contribution in [0.2, 0.25) is 0 Å². The zero-order chi connectivity index (χ0) is 25.8. The Morgan fingerprint density at radius 2 is 1.77 bits per heavy atom. The minimum absolute atomic E-state index is 0.0459. The smallest absolute Gasteiger partial charge is 0.416 e. The third kappa shape index (κ3) is 6.57. The Kier molecular flexibility index (Phi) is 8.48. The number of phenols is 1. The first kappa shape index (κ1) is 26.6. The summed E-state index contributed by atoms with van der Waals surface area (Å²) in [5, 5.41) is 17.2. The van der Waals surface area contributed by atoms with Crippen LogP contribution in [0.3, 0.4) is 0 Å². The number of aromatic hydroxyl groups is 1. The molecule has 1 heterocycles. The lowest BCUT2D eigenvalue weighted by Gasteiger charge is -2.17. The largest absolute Gasteiger partial charge is 0.508 e. The molecular weight excluding hydrogens is 457 g/mol. The summed E-state index contributed by atoms with van der Waals surface area (Å²) in [4.78, 5) is 13.1. The van der Waals surface area contributed by atoms with Crippen LogP contribution in [0, 0.1) is 18.8 Å². The van der Waals surface area contributed by atoms with Gasteiger partial charge in [0.1, 0.15) is 17.1 Å². The van der Waals surface area contributed by atoms with Crippen LogP contribution in [-0.2, 0) is 12.7 Å². The third-order valence-electron chi connectivity index (χ3n) is 6.28. The number of fused-ring (bicyclic) bond motifs is 1. The molecule has 1 unspecified atom stereocenters. The number of benzene rings is 2. The summed E-state index contributed by atoms with van der Waals surface area (Å²) in [6, 6.07) is 7.39. The SMILES string of the molecule is CCC(CCC(C)C)CNCc1c(O)ccc2oc(C)c(C(=O)Nc3ccc(C(F)(F)F)cc3)c12. The molecule has 0 aliphatic carbocycles. The summed E-state index contributed by atoms with van der Waals surface area (Å²) in [5.41, 5.74) is 0.696. The van der Waals surface area contributed by atoms with E-state index >= 15 is 0 Å². The van der Waals surface area contributed by atoms with Crippen LogP contribution in [0.4, 0.5) is 18.9 Å². The molecule has 35 heavy (non-hydrogen) atoms. The van der Waals surface area contributed by atoms with Gasteiger partial charge in [0, 0.05) is 23.2 Å². The zero-order valence-corrected chi connectivity index (χ0v) is 20.6. The summed E-state index contributed by atoms with van der Waals surface area (Å²) < 4.78 is 44.3. The summed E-state index contributed by atoms with van der Waals surface area (Å²) in [6.07, 6.45) is -1.15. The molecule has 0 saturated carbocycles. The molecule has 0 saturated heterocycles. The van der Waals surface area contributed by atoms with E-state index in [0.717, 1.165) is 37.9 Å². The Morgan fingerprint density at radius 1 is 1.09 bits per heavy atom. The number of nitrogens with one attached hydrogen (secondary N) is 2. The van der Waals surface area contributed by atoms with Crippen molar-refractivity contribution in [2.24, 2.45) is 11.8 Å². The summed E-state index contributed by atoms with van der Waals surface area (Å²) in [5.74, 6) is 1.04. The number of aryl methyl sites for hydroxylation is 1. The molecule has 0 bridgehead atoms. The second-order valence-electron chi connectivity index (χ2n) is 9.38. The molecule has 1 amide bonds. The van der Waals surface area contributed by atoms with Crippen LogP contribution in [0.5, 0.6) is 5.75 Å². The number of carbonyl (C=O) groups excluding carboxylic acids is 1. The van der Waals surface area contributed by atoms with E-state index in [1.807, 2.05) is 0 Å². The topological polar surface area (TPSA) is 74.5 Å². The van der Waals surface area contributed by atoms with Crippen molar-refractivity contribution in [1.82, 2.24) is 5.32 Å². The van der Waals surface area contributed by atoms with Crippen LogP contribution in [0.1, 0.15) is 67.3 Å². The predicted molar refractivity (Wildman–Crippen MR) is 132 cm³/mol. The molecule has 0 spiro atoms. The summed E-state index contributed by atoms with van der Waals surface area (Å²) >= 11 is 0. The molecule has 190 valence electrons. The normalized spacial score (nSPS) is 12.9. The average molecular weight is 491 g/mol. The minimum atomic E-state index is -4.45. The van der Waals surface area contributed by atoms with Gasteiger partial charge in [-0.1, -0.05) is 33.6 Å². The molecule has 1 aromatic heterocycles. The van der Waals surface area contributed by atoms with Crippen LogP contribution in [0.15, 0.2) is 40.8 Å². The molecule has 3 N–H and O–H groups in total. The van der Waals surface area contributed by atoms with Gasteiger partial charge in [0.25, 0.3) is 5.91 Å². The van der Waals surface area contributed by atoms with E-state index < -0.39 is 17.6 Å². The average Bonchev–Trinajstić information content (AvgIpc) is 3.13. The van der Waals surface area contributed by atoms with E-state index in [1.54, 1.807) is 13.0 Å². The fourth-order valence-electron chi connectivity index (χ4n) is 4.18. The Morgan fingerprint density at radius 3 is 2.37 bits per heavy atom. The first-order chi connectivity index (χ1) is 16.5. The Balaban J connectivity index is 1.82. The van der Waals surface area contributed by atoms with Crippen LogP contribution >= 0.6 is 0 Å². The quantitative estimate of drug-likeness (QED) is 0.279. The van der Waals surface area contributed by atoms with Crippen molar-refractivity contribution in [1.29, 1.82) is 0 Å². The lowest BCUT2D eigenvalue weighted by Crippen LogP contribution is -2.23. The highest BCUT2D eigenvalue weighted by Gasteiger charge is 2.30. The first-order valence-corrected chi connectivity index (χ1v) is 11.9. The maximum atomic E-state index is 13.1. The van der Waals surface area contributed by atoms with Crippen molar-refractivity contribution in [3.63, 3.8) is 0 Å². The number of halogens is 3. The van der Waals surface area contributed by atoms with Gasteiger partial charge in [0.2, 0.25) is 0 Å². The van der Waals surface area contributed by atoms with Crippen molar-refractivity contribution in [3.05, 3.63) is 58.8 Å². The van der Waals surface area contributed by atoms with E-state index in [9.17, 15) is 23.1 Å². The molecule has 2 aromatic carbocycles. The molecule has 5 nitrogen and oxygen atoms in total. The number of rotatable bonds is 10. The van der Waals surface area contributed by atoms with Crippen molar-refractivity contribution < 1.29 is 27.5 Å². The van der Waals surface area contributed by atoms with Crippen molar-refractivity contribution in [2.45, 2.75) is 59.7 Å². The maximum absolute atomic E-state index is 13.1. The predicted octanol–water partition coefficient (Wildman–Crippen LogP) is 7.27. The molecule has 0 radical (unpaired) electrons. The first-order valence-electron chi connectivity index (χ1n) is 11.9. The van der Waals surface area contributed by atoms with Crippen LogP contribution in [-0.4, -0.2) is 17.6 Å². The summed E-state index contributed by atoms with van der Waals surface area (Å²) in [7, 11) is 0. The Hall–Kier alpha value is -3.00. The lowest BCUT2D eigenvalue weighted by molar-refractivity contribution is -0.137. The number of hydrogen-bond donors (Lipinski definition) is 3. The van der Waals surface area contributed by atoms with Gasteiger partial charge in [-0.15, -0.1) is 0 Å². The van der Waals surface area contributed by atoms with Crippen molar-refractivity contribution >= 4 is 22.6 Å².